The molecule has 4 rings (SSSR count). The number of fused-ring (bicyclic) bond motifs is 2. The molecule has 120 valence electrons. The van der Waals surface area contributed by atoms with Crippen molar-refractivity contribution in [3.63, 3.8) is 0 Å². The molecule has 0 aliphatic carbocycles. The number of carbonyl (C=O) groups excluding carboxylic acids is 1. The number of carbonyl (C=O) groups is 1. The van der Waals surface area contributed by atoms with Gasteiger partial charge in [0, 0.05) is 28.4 Å². The number of quaternary nitrogens is 1. The quantitative estimate of drug-likeness (QED) is 0.345. The summed E-state index contributed by atoms with van der Waals surface area (Å²) >= 11 is 3.46. The molecule has 4 heterocycles. The van der Waals surface area contributed by atoms with Crippen molar-refractivity contribution < 1.29 is 14.1 Å². The lowest BCUT2D eigenvalue weighted by Gasteiger charge is -2.33. The van der Waals surface area contributed by atoms with Crippen LogP contribution in [0.3, 0.4) is 0 Å². The maximum atomic E-state index is 12.1. The summed E-state index contributed by atoms with van der Waals surface area (Å²) in [7, 11) is 0. The molecule has 0 aromatic carbocycles. The van der Waals surface area contributed by atoms with Gasteiger partial charge in [-0.1, -0.05) is 6.58 Å². The number of allylic oxidation sites excluding steroid dienone is 1. The smallest absolute Gasteiger partial charge is 0.410 e. The summed E-state index contributed by atoms with van der Waals surface area (Å²) in [5.74, 6) is 6.51. The third-order valence-corrected chi connectivity index (χ3v) is 5.63. The number of halogens is 1. The highest BCUT2D eigenvalue weighted by molar-refractivity contribution is 9.18. The maximum Gasteiger partial charge on any atom is 0.410 e. The van der Waals surface area contributed by atoms with E-state index in [0.717, 1.165) is 24.2 Å². The number of rotatable bonds is 2. The second-order valence-electron chi connectivity index (χ2n) is 6.08. The summed E-state index contributed by atoms with van der Waals surface area (Å²) in [4.78, 5) is 22.7. The molecular formula is C15H17BrN5O2+. The molecule has 2 N–H and O–H groups in total. The van der Waals surface area contributed by atoms with E-state index in [4.69, 9.17) is 10.6 Å². The van der Waals surface area contributed by atoms with E-state index in [-0.39, 0.29) is 28.7 Å². The van der Waals surface area contributed by atoms with Crippen molar-refractivity contribution in [3.05, 3.63) is 36.4 Å². The topological polar surface area (TPSA) is 80.3 Å². The first-order chi connectivity index (χ1) is 11.0. The highest BCUT2D eigenvalue weighted by Crippen LogP contribution is 2.40. The first-order valence-electron chi connectivity index (χ1n) is 7.52. The van der Waals surface area contributed by atoms with E-state index >= 15 is 0 Å². The Balaban J connectivity index is 1.65. The Morgan fingerprint density at radius 3 is 3.13 bits per heavy atom. The number of amidine groups is 1. The number of hydrogen-bond donors (Lipinski definition) is 1. The Kier molecular flexibility index (Phi) is 3.29. The number of hydrogen-bond acceptors (Lipinski definition) is 5. The number of nitrogens with zero attached hydrogens (tertiary/aromatic N) is 4. The van der Waals surface area contributed by atoms with Crippen molar-refractivity contribution >= 4 is 33.0 Å². The van der Waals surface area contributed by atoms with Crippen LogP contribution < -0.4 is 5.84 Å². The van der Waals surface area contributed by atoms with Gasteiger partial charge >= 0.3 is 10.8 Å². The summed E-state index contributed by atoms with van der Waals surface area (Å²) in [5.41, 5.74) is 1.73. The van der Waals surface area contributed by atoms with Crippen LogP contribution in [0.1, 0.15) is 12.8 Å². The fraction of sp³-hybridized carbons (Fsp3) is 0.400. The summed E-state index contributed by atoms with van der Waals surface area (Å²) in [5, 5.41) is 0. The molecule has 2 saturated heterocycles. The zero-order valence-corrected chi connectivity index (χ0v) is 14.0. The molecule has 23 heavy (non-hydrogen) atoms. The van der Waals surface area contributed by atoms with Crippen molar-refractivity contribution in [1.82, 2.24) is 4.90 Å². The second kappa shape index (κ2) is 5.12. The number of amides is 1. The van der Waals surface area contributed by atoms with Crippen LogP contribution in [0.25, 0.3) is 0 Å². The molecule has 4 atom stereocenters. The van der Waals surface area contributed by atoms with E-state index in [2.05, 4.69) is 32.5 Å². The number of piperidine rings is 1. The maximum absolute atomic E-state index is 12.1. The molecule has 0 bridgehead atoms. The van der Waals surface area contributed by atoms with E-state index < -0.39 is 0 Å². The third-order valence-electron chi connectivity index (χ3n) is 4.86. The SMILES string of the molecule is C=CC1OC(=O)N2C[C@H](C3=C4C=NC=C[N+]4(N)C(Br)=N3)CC[C@@H]12. The monoisotopic (exact) mass is 378 g/mol. The molecule has 2 fully saturated rings. The van der Waals surface area contributed by atoms with Gasteiger partial charge in [0.1, 0.15) is 18.0 Å². The van der Waals surface area contributed by atoms with Crippen molar-refractivity contribution in [2.75, 3.05) is 6.54 Å². The van der Waals surface area contributed by atoms with E-state index in [9.17, 15) is 4.79 Å². The van der Waals surface area contributed by atoms with Crippen molar-refractivity contribution in [3.8, 4) is 0 Å². The van der Waals surface area contributed by atoms with Crippen molar-refractivity contribution in [2.24, 2.45) is 21.7 Å². The largest absolute Gasteiger partial charge is 0.440 e. The summed E-state index contributed by atoms with van der Waals surface area (Å²) < 4.78 is 5.98. The fourth-order valence-electron chi connectivity index (χ4n) is 3.62. The molecule has 2 unspecified atom stereocenters. The van der Waals surface area contributed by atoms with Gasteiger partial charge in [-0.05, 0) is 18.9 Å². The molecule has 0 radical (unpaired) electrons. The van der Waals surface area contributed by atoms with Gasteiger partial charge < -0.3 is 9.64 Å². The molecule has 0 aromatic heterocycles. The van der Waals surface area contributed by atoms with Gasteiger partial charge in [-0.25, -0.2) is 4.79 Å². The van der Waals surface area contributed by atoms with Crippen LogP contribution in [0.15, 0.2) is 46.4 Å². The molecule has 7 nitrogen and oxygen atoms in total. The van der Waals surface area contributed by atoms with Crippen LogP contribution in [-0.2, 0) is 4.74 Å². The van der Waals surface area contributed by atoms with E-state index in [1.165, 1.54) is 0 Å². The van der Waals surface area contributed by atoms with Crippen LogP contribution in [0.2, 0.25) is 0 Å². The lowest BCUT2D eigenvalue weighted by Crippen LogP contribution is -2.50. The van der Waals surface area contributed by atoms with Crippen LogP contribution in [-0.4, -0.2) is 45.2 Å². The van der Waals surface area contributed by atoms with Gasteiger partial charge in [0.2, 0.25) is 5.70 Å². The van der Waals surface area contributed by atoms with Gasteiger partial charge in [-0.2, -0.15) is 10.8 Å². The number of ether oxygens (including phenoxy) is 1. The first-order valence-corrected chi connectivity index (χ1v) is 8.31. The minimum absolute atomic E-state index is 0.00150. The highest BCUT2D eigenvalue weighted by atomic mass is 79.9. The number of cyclic esters (lactones) is 1. The zero-order chi connectivity index (χ0) is 16.2. The average molecular weight is 379 g/mol. The standard InChI is InChI=1S/C15H17BrN5O2/c1-2-12-10-4-3-9(8-20(10)15(22)23-12)13-11-7-18-5-6-21(11,17)14(16)19-13/h2,5-7,9-10,12H,1,3-4,8,17H2/q+1/t9-,10+,12?,21?/m1/s1. The normalized spacial score (nSPS) is 38.3. The van der Waals surface area contributed by atoms with Crippen LogP contribution >= 0.6 is 15.9 Å². The summed E-state index contributed by atoms with van der Waals surface area (Å²) in [6.07, 6.45) is 8.16. The molecule has 8 heteroatoms. The molecule has 4 aliphatic heterocycles. The van der Waals surface area contributed by atoms with Crippen LogP contribution in [0, 0.1) is 5.92 Å². The molecule has 1 amide bonds. The predicted octanol–water partition coefficient (Wildman–Crippen LogP) is 1.99. The Morgan fingerprint density at radius 2 is 2.35 bits per heavy atom. The molecule has 0 spiro atoms. The van der Waals surface area contributed by atoms with Gasteiger partial charge in [-0.15, -0.1) is 4.59 Å². The number of nitrogens with two attached hydrogens (primary N) is 1. The molecular weight excluding hydrogens is 362 g/mol. The van der Waals surface area contributed by atoms with E-state index in [1.807, 2.05) is 0 Å². The summed E-state index contributed by atoms with van der Waals surface area (Å²) in [6, 6.07) is 0.0766. The Morgan fingerprint density at radius 1 is 1.52 bits per heavy atom. The van der Waals surface area contributed by atoms with Crippen LogP contribution in [0.5, 0.6) is 0 Å². The molecule has 4 aliphatic rings. The Bertz CT molecular complexity index is 713. The average Bonchev–Trinajstić information content (AvgIpc) is 3.02. The third kappa shape index (κ3) is 2.05. The van der Waals surface area contributed by atoms with Gasteiger partial charge in [0.05, 0.1) is 18.5 Å². The zero-order valence-electron chi connectivity index (χ0n) is 12.4. The van der Waals surface area contributed by atoms with Crippen molar-refractivity contribution in [1.29, 1.82) is 0 Å². The van der Waals surface area contributed by atoms with E-state index in [0.29, 0.717) is 11.3 Å². The Hall–Kier alpha value is -1.77. The van der Waals surface area contributed by atoms with Gasteiger partial charge in [0.25, 0.3) is 0 Å². The first kappa shape index (κ1) is 14.8. The van der Waals surface area contributed by atoms with Crippen molar-refractivity contribution in [2.45, 2.75) is 25.0 Å². The minimum atomic E-state index is -0.276. The number of aliphatic imine (C=N–C) groups is 2. The fourth-order valence-corrected chi connectivity index (χ4v) is 4.12. The predicted molar refractivity (Wildman–Crippen MR) is 89.2 cm³/mol. The van der Waals surface area contributed by atoms with Gasteiger partial charge in [0.15, 0.2) is 0 Å². The minimum Gasteiger partial charge on any atom is -0.440 e. The van der Waals surface area contributed by atoms with Gasteiger partial charge in [-0.3, -0.25) is 4.99 Å². The lowest BCUT2D eigenvalue weighted by molar-refractivity contribution is -0.746. The Labute approximate surface area is 142 Å². The van der Waals surface area contributed by atoms with E-state index in [1.54, 1.807) is 29.6 Å². The lowest BCUT2D eigenvalue weighted by atomic mass is 9.88. The van der Waals surface area contributed by atoms with Crippen LogP contribution in [0.4, 0.5) is 4.79 Å². The molecule has 0 saturated carbocycles. The summed E-state index contributed by atoms with van der Waals surface area (Å²) in [6.45, 7) is 4.33. The second-order valence-corrected chi connectivity index (χ2v) is 6.79. The highest BCUT2D eigenvalue weighted by Gasteiger charge is 2.49. The molecule has 0 aromatic rings.